The van der Waals surface area contributed by atoms with Crippen LogP contribution in [0.4, 0.5) is 15.6 Å². The number of rotatable bonds is 4. The average molecular weight is 539 g/mol. The Balaban J connectivity index is 1.76. The molecule has 1 aliphatic heterocycles. The van der Waals surface area contributed by atoms with E-state index in [1.807, 2.05) is 24.3 Å². The van der Waals surface area contributed by atoms with E-state index in [1.165, 1.54) is 9.80 Å². The van der Waals surface area contributed by atoms with Crippen LogP contribution in [-0.4, -0.2) is 60.8 Å². The molecule has 0 saturated carbocycles. The van der Waals surface area contributed by atoms with Gasteiger partial charge in [-0.1, -0.05) is 11.3 Å². The summed E-state index contributed by atoms with van der Waals surface area (Å²) in [6, 6.07) is 7.15. The summed E-state index contributed by atoms with van der Waals surface area (Å²) >= 11 is 8.23. The van der Waals surface area contributed by atoms with Gasteiger partial charge in [-0.05, 0) is 59.1 Å². The number of likely N-dealkylation sites (N-methyl/N-ethyl adjacent to an activating group) is 1. The Kier molecular flexibility index (Phi) is 5.83. The molecule has 1 saturated heterocycles. The van der Waals surface area contributed by atoms with Gasteiger partial charge < -0.3 is 15.0 Å². The molecule has 3 rings (SSSR count). The molecule has 144 valence electrons. The van der Waals surface area contributed by atoms with Crippen LogP contribution in [0.25, 0.3) is 0 Å². The zero-order chi connectivity index (χ0) is 19.8. The Morgan fingerprint density at radius 1 is 1.37 bits per heavy atom. The van der Waals surface area contributed by atoms with Gasteiger partial charge in [0.05, 0.1) is 6.54 Å². The minimum absolute atomic E-state index is 0.0853. The molecule has 2 heterocycles. The van der Waals surface area contributed by atoms with Crippen LogP contribution in [0, 0.1) is 3.57 Å². The van der Waals surface area contributed by atoms with E-state index in [9.17, 15) is 13.2 Å². The third-order valence-corrected chi connectivity index (χ3v) is 7.01. The fourth-order valence-electron chi connectivity index (χ4n) is 2.25. The summed E-state index contributed by atoms with van der Waals surface area (Å²) < 4.78 is 29.9. The van der Waals surface area contributed by atoms with E-state index < -0.39 is 16.1 Å². The fraction of sp³-hybridized carbons (Fsp3) is 0.286. The topological polar surface area (TPSA) is 105 Å². The molecular weight excluding hydrogens is 525 g/mol. The molecule has 0 bridgehead atoms. The molecule has 13 heteroatoms. The first-order valence-electron chi connectivity index (χ1n) is 7.46. The molecule has 2 aromatic rings. The maximum atomic E-state index is 12.4. The Morgan fingerprint density at radius 2 is 2.04 bits per heavy atom. The third-order valence-electron chi connectivity index (χ3n) is 3.50. The fourth-order valence-corrected chi connectivity index (χ4v) is 4.47. The lowest BCUT2D eigenvalue weighted by molar-refractivity contribution is 0.201. The minimum atomic E-state index is -3.51. The van der Waals surface area contributed by atoms with Crippen LogP contribution in [0.15, 0.2) is 28.6 Å². The van der Waals surface area contributed by atoms with E-state index in [4.69, 9.17) is 17.0 Å². The third kappa shape index (κ3) is 4.64. The molecule has 9 nitrogen and oxygen atoms in total. The number of sulfone groups is 1. The highest BCUT2D eigenvalue weighted by Crippen LogP contribution is 2.29. The summed E-state index contributed by atoms with van der Waals surface area (Å²) in [6.07, 6.45) is 0.273. The number of nitrogens with one attached hydrogen (secondary N) is 1. The van der Waals surface area contributed by atoms with Gasteiger partial charge in [0, 0.05) is 22.6 Å². The van der Waals surface area contributed by atoms with Crippen LogP contribution in [0.3, 0.4) is 0 Å². The first-order chi connectivity index (χ1) is 12.6. The van der Waals surface area contributed by atoms with Crippen molar-refractivity contribution < 1.29 is 17.9 Å². The molecule has 0 radical (unpaired) electrons. The van der Waals surface area contributed by atoms with Crippen LogP contribution in [0.2, 0.25) is 0 Å². The van der Waals surface area contributed by atoms with Crippen molar-refractivity contribution in [1.29, 1.82) is 0 Å². The monoisotopic (exact) mass is 539 g/mol. The van der Waals surface area contributed by atoms with Gasteiger partial charge in [-0.15, -0.1) is 10.2 Å². The lowest BCUT2D eigenvalue weighted by Gasteiger charge is -2.21. The number of amides is 2. The number of benzene rings is 1. The minimum Gasteiger partial charge on any atom is -0.444 e. The number of hydrogen-bond donors (Lipinski definition) is 1. The molecule has 1 aromatic heterocycles. The average Bonchev–Trinajstić information content (AvgIpc) is 3.15. The van der Waals surface area contributed by atoms with Crippen LogP contribution in [0.5, 0.6) is 0 Å². The molecule has 0 aliphatic carbocycles. The number of anilines is 2. The first kappa shape index (κ1) is 20.2. The van der Waals surface area contributed by atoms with E-state index in [0.29, 0.717) is 0 Å². The molecule has 1 N–H and O–H groups in total. The molecular formula is C14H14IN5O4S3. The highest BCUT2D eigenvalue weighted by molar-refractivity contribution is 14.1. The van der Waals surface area contributed by atoms with Gasteiger partial charge in [0.1, 0.15) is 0 Å². The number of carbonyl (C=O) groups is 1. The zero-order valence-corrected chi connectivity index (χ0v) is 18.7. The predicted molar refractivity (Wildman–Crippen MR) is 114 cm³/mol. The highest BCUT2D eigenvalue weighted by atomic mass is 127. The number of nitrogens with zero attached hydrogens (tertiary/aromatic N) is 4. The number of urea groups is 1. The Labute approximate surface area is 178 Å². The quantitative estimate of drug-likeness (QED) is 0.358. The Hall–Kier alpha value is -1.58. The number of halogens is 1. The first-order valence-corrected chi connectivity index (χ1v) is 11.7. The van der Waals surface area contributed by atoms with Crippen molar-refractivity contribution >= 4 is 78.0 Å². The SMILES string of the molecule is CN1CC(OC(=S)Nc2ccc(I)cc2)N(c2nnc(S(C)(=O)=O)s2)C1=O. The standard InChI is InChI=1S/C14H14IN5O4S3/c1-19-7-10(24-12(25)16-9-5-3-8(15)4-6-9)20(14(19)21)11-17-18-13(26-11)27(2,22)23/h3-6,10H,7H2,1-2H3,(H,16,25). The maximum absolute atomic E-state index is 12.4. The van der Waals surface area contributed by atoms with Gasteiger partial charge >= 0.3 is 6.03 Å². The molecule has 0 spiro atoms. The lowest BCUT2D eigenvalue weighted by atomic mass is 10.3. The van der Waals surface area contributed by atoms with E-state index in [2.05, 4.69) is 38.1 Å². The molecule has 1 atom stereocenters. The summed E-state index contributed by atoms with van der Waals surface area (Å²) in [5, 5.41) is 10.6. The van der Waals surface area contributed by atoms with Crippen molar-refractivity contribution in [2.45, 2.75) is 10.6 Å². The number of ether oxygens (including phenoxy) is 1. The summed E-state index contributed by atoms with van der Waals surface area (Å²) in [6.45, 7) is 0.237. The molecule has 2 amide bonds. The maximum Gasteiger partial charge on any atom is 0.329 e. The summed E-state index contributed by atoms with van der Waals surface area (Å²) in [5.41, 5.74) is 0.750. The molecule has 27 heavy (non-hydrogen) atoms. The van der Waals surface area contributed by atoms with Gasteiger partial charge in [0.15, 0.2) is 0 Å². The second kappa shape index (κ2) is 7.81. The summed E-state index contributed by atoms with van der Waals surface area (Å²) in [7, 11) is -1.91. The van der Waals surface area contributed by atoms with Crippen LogP contribution in [-0.2, 0) is 14.6 Å². The van der Waals surface area contributed by atoms with Gasteiger partial charge in [-0.25, -0.2) is 18.1 Å². The second-order valence-corrected chi connectivity index (χ2v) is 10.4. The number of hydrogen-bond acceptors (Lipinski definition) is 8. The lowest BCUT2D eigenvalue weighted by Crippen LogP contribution is -2.38. The van der Waals surface area contributed by atoms with Crippen molar-refractivity contribution in [3.63, 3.8) is 0 Å². The Bertz CT molecular complexity index is 979. The van der Waals surface area contributed by atoms with E-state index in [-0.39, 0.29) is 27.2 Å². The van der Waals surface area contributed by atoms with Crippen molar-refractivity contribution in [1.82, 2.24) is 15.1 Å². The second-order valence-electron chi connectivity index (χ2n) is 5.65. The van der Waals surface area contributed by atoms with Gasteiger partial charge in [0.25, 0.3) is 5.17 Å². The highest BCUT2D eigenvalue weighted by Gasteiger charge is 2.41. The molecule has 1 fully saturated rings. The summed E-state index contributed by atoms with van der Waals surface area (Å²) in [4.78, 5) is 15.1. The van der Waals surface area contributed by atoms with E-state index in [0.717, 1.165) is 26.9 Å². The van der Waals surface area contributed by atoms with E-state index >= 15 is 0 Å². The normalized spacial score (nSPS) is 17.3. The Morgan fingerprint density at radius 3 is 2.63 bits per heavy atom. The van der Waals surface area contributed by atoms with Gasteiger partial charge in [-0.3, -0.25) is 0 Å². The van der Waals surface area contributed by atoms with Crippen molar-refractivity contribution in [3.05, 3.63) is 27.8 Å². The van der Waals surface area contributed by atoms with Crippen molar-refractivity contribution in [2.24, 2.45) is 0 Å². The van der Waals surface area contributed by atoms with Crippen LogP contribution >= 0.6 is 46.1 Å². The van der Waals surface area contributed by atoms with Crippen molar-refractivity contribution in [3.8, 4) is 0 Å². The molecule has 1 aromatic carbocycles. The van der Waals surface area contributed by atoms with Crippen LogP contribution < -0.4 is 10.2 Å². The van der Waals surface area contributed by atoms with Gasteiger partial charge in [0.2, 0.25) is 25.5 Å². The number of carbonyl (C=O) groups excluding carboxylic acids is 1. The largest absolute Gasteiger partial charge is 0.444 e. The predicted octanol–water partition coefficient (Wildman–Crippen LogP) is 2.16. The molecule has 1 unspecified atom stereocenters. The van der Waals surface area contributed by atoms with E-state index in [1.54, 1.807) is 7.05 Å². The summed E-state index contributed by atoms with van der Waals surface area (Å²) in [5.74, 6) is 0. The van der Waals surface area contributed by atoms with Crippen molar-refractivity contribution in [2.75, 3.05) is 30.1 Å². The smallest absolute Gasteiger partial charge is 0.329 e. The number of thiocarbonyl (C=S) groups is 1. The number of aromatic nitrogens is 2. The van der Waals surface area contributed by atoms with Crippen LogP contribution in [0.1, 0.15) is 0 Å². The zero-order valence-electron chi connectivity index (χ0n) is 14.1. The van der Waals surface area contributed by atoms with Gasteiger partial charge in [-0.2, -0.15) is 0 Å². The molecule has 1 aliphatic rings.